The summed E-state index contributed by atoms with van der Waals surface area (Å²) in [5, 5.41) is 2.90. The highest BCUT2D eigenvalue weighted by Crippen LogP contribution is 2.36. The van der Waals surface area contributed by atoms with Crippen LogP contribution in [0.25, 0.3) is 11.1 Å². The standard InChI is InChI=1S/C15H16BrNO3S2/c1-9(2)17-15(18)13-8-12(14(16)21-13)10-4-6-11(7-5-10)22-20-19-3/h4-9H,1-3H3,(H,17,18). The van der Waals surface area contributed by atoms with E-state index in [1.165, 1.54) is 18.4 Å². The van der Waals surface area contributed by atoms with Gasteiger partial charge in [-0.1, -0.05) is 12.1 Å². The van der Waals surface area contributed by atoms with Gasteiger partial charge in [0.25, 0.3) is 5.91 Å². The maximum absolute atomic E-state index is 12.1. The summed E-state index contributed by atoms with van der Waals surface area (Å²) in [5.41, 5.74) is 2.04. The van der Waals surface area contributed by atoms with Crippen molar-refractivity contribution in [2.75, 3.05) is 7.11 Å². The van der Waals surface area contributed by atoms with E-state index in [-0.39, 0.29) is 11.9 Å². The van der Waals surface area contributed by atoms with E-state index in [1.54, 1.807) is 0 Å². The second-order valence-electron chi connectivity index (χ2n) is 4.77. The summed E-state index contributed by atoms with van der Waals surface area (Å²) in [6.45, 7) is 3.89. The monoisotopic (exact) mass is 401 g/mol. The summed E-state index contributed by atoms with van der Waals surface area (Å²) in [5.74, 6) is -0.0485. The lowest BCUT2D eigenvalue weighted by Crippen LogP contribution is -2.29. The number of hydrogen-bond donors (Lipinski definition) is 1. The molecule has 1 N–H and O–H groups in total. The number of thiophene rings is 1. The fourth-order valence-electron chi connectivity index (χ4n) is 1.77. The summed E-state index contributed by atoms with van der Waals surface area (Å²) in [6, 6.07) is 9.87. The molecule has 0 saturated carbocycles. The third-order valence-electron chi connectivity index (χ3n) is 2.69. The highest BCUT2D eigenvalue weighted by Gasteiger charge is 2.15. The molecule has 4 nitrogen and oxygen atoms in total. The van der Waals surface area contributed by atoms with Crippen molar-refractivity contribution in [2.45, 2.75) is 24.8 Å². The Kier molecular flexibility index (Phi) is 6.46. The number of amides is 1. The summed E-state index contributed by atoms with van der Waals surface area (Å²) in [6.07, 6.45) is 0. The normalized spacial score (nSPS) is 11.0. The van der Waals surface area contributed by atoms with Gasteiger partial charge in [0.15, 0.2) is 0 Å². The van der Waals surface area contributed by atoms with Crippen molar-refractivity contribution in [3.05, 3.63) is 39.0 Å². The molecule has 118 valence electrons. The lowest BCUT2D eigenvalue weighted by molar-refractivity contribution is -0.160. The van der Waals surface area contributed by atoms with Crippen LogP contribution in [0.2, 0.25) is 0 Å². The van der Waals surface area contributed by atoms with Crippen molar-refractivity contribution in [1.82, 2.24) is 5.32 Å². The second-order valence-corrected chi connectivity index (χ2v) is 7.91. The number of carbonyl (C=O) groups excluding carboxylic acids is 1. The van der Waals surface area contributed by atoms with Gasteiger partial charge in [0.2, 0.25) is 0 Å². The highest BCUT2D eigenvalue weighted by atomic mass is 79.9. The Bertz CT molecular complexity index is 641. The first kappa shape index (κ1) is 17.5. The molecular formula is C15H16BrNO3S2. The van der Waals surface area contributed by atoms with Crippen LogP contribution in [-0.4, -0.2) is 19.1 Å². The quantitative estimate of drug-likeness (QED) is 0.424. The number of halogens is 1. The fourth-order valence-corrected chi connectivity index (χ4v) is 3.84. The van der Waals surface area contributed by atoms with E-state index in [9.17, 15) is 4.79 Å². The molecule has 7 heteroatoms. The molecule has 0 bridgehead atoms. The third-order valence-corrected chi connectivity index (χ3v) is 5.20. The Balaban J connectivity index is 2.18. The fraction of sp³-hybridized carbons (Fsp3) is 0.267. The molecule has 0 aliphatic rings. The zero-order valence-corrected chi connectivity index (χ0v) is 15.6. The largest absolute Gasteiger partial charge is 0.349 e. The molecule has 0 unspecified atom stereocenters. The van der Waals surface area contributed by atoms with Gasteiger partial charge in [0.05, 0.1) is 27.8 Å². The van der Waals surface area contributed by atoms with E-state index in [1.807, 2.05) is 44.2 Å². The molecule has 0 atom stereocenters. The zero-order chi connectivity index (χ0) is 16.1. The predicted octanol–water partition coefficient (Wildman–Crippen LogP) is 4.90. The van der Waals surface area contributed by atoms with Crippen LogP contribution in [0.15, 0.2) is 39.0 Å². The van der Waals surface area contributed by atoms with Crippen molar-refractivity contribution in [3.63, 3.8) is 0 Å². The Morgan fingerprint density at radius 1 is 1.32 bits per heavy atom. The van der Waals surface area contributed by atoms with Gasteiger partial charge in [-0.05, 0) is 53.5 Å². The van der Waals surface area contributed by atoms with Crippen LogP contribution in [0.3, 0.4) is 0 Å². The molecule has 1 aromatic carbocycles. The summed E-state index contributed by atoms with van der Waals surface area (Å²) >= 11 is 6.12. The second kappa shape index (κ2) is 8.12. The van der Waals surface area contributed by atoms with Crippen LogP contribution in [-0.2, 0) is 9.22 Å². The van der Waals surface area contributed by atoms with Gasteiger partial charge in [-0.25, -0.2) is 4.89 Å². The summed E-state index contributed by atoms with van der Waals surface area (Å²) < 4.78 is 5.76. The van der Waals surface area contributed by atoms with Crippen molar-refractivity contribution in [1.29, 1.82) is 0 Å². The Morgan fingerprint density at radius 2 is 2.00 bits per heavy atom. The van der Waals surface area contributed by atoms with Crippen LogP contribution in [0.5, 0.6) is 0 Å². The molecule has 1 heterocycles. The van der Waals surface area contributed by atoms with Crippen molar-refractivity contribution in [2.24, 2.45) is 0 Å². The number of nitrogens with one attached hydrogen (secondary N) is 1. The Morgan fingerprint density at radius 3 is 2.59 bits per heavy atom. The molecule has 22 heavy (non-hydrogen) atoms. The van der Waals surface area contributed by atoms with Gasteiger partial charge in [-0.3, -0.25) is 4.79 Å². The van der Waals surface area contributed by atoms with E-state index in [2.05, 4.69) is 26.1 Å². The Labute approximate surface area is 146 Å². The molecule has 0 aliphatic carbocycles. The first-order chi connectivity index (χ1) is 10.5. The highest BCUT2D eigenvalue weighted by molar-refractivity contribution is 9.11. The third kappa shape index (κ3) is 4.57. The average molecular weight is 402 g/mol. The molecule has 1 amide bonds. The molecule has 2 rings (SSSR count). The summed E-state index contributed by atoms with van der Waals surface area (Å²) in [4.78, 5) is 18.3. The van der Waals surface area contributed by atoms with Gasteiger partial charge >= 0.3 is 0 Å². The molecule has 0 spiro atoms. The van der Waals surface area contributed by atoms with Crippen LogP contribution < -0.4 is 5.32 Å². The van der Waals surface area contributed by atoms with E-state index in [0.717, 1.165) is 31.9 Å². The zero-order valence-electron chi connectivity index (χ0n) is 12.4. The number of rotatable bonds is 6. The van der Waals surface area contributed by atoms with E-state index in [0.29, 0.717) is 4.88 Å². The minimum atomic E-state index is -0.0485. The van der Waals surface area contributed by atoms with Crippen LogP contribution >= 0.6 is 39.3 Å². The number of carbonyl (C=O) groups is 1. The maximum Gasteiger partial charge on any atom is 0.261 e. The van der Waals surface area contributed by atoms with Crippen molar-refractivity contribution in [3.8, 4) is 11.1 Å². The van der Waals surface area contributed by atoms with Crippen molar-refractivity contribution < 1.29 is 14.0 Å². The predicted molar refractivity (Wildman–Crippen MR) is 94.0 cm³/mol. The molecule has 0 aliphatic heterocycles. The average Bonchev–Trinajstić information content (AvgIpc) is 2.87. The summed E-state index contributed by atoms with van der Waals surface area (Å²) in [7, 11) is 1.47. The first-order valence-corrected chi connectivity index (χ1v) is 8.94. The molecular weight excluding hydrogens is 386 g/mol. The molecule has 0 fully saturated rings. The van der Waals surface area contributed by atoms with E-state index in [4.69, 9.17) is 4.33 Å². The number of benzene rings is 1. The van der Waals surface area contributed by atoms with E-state index < -0.39 is 0 Å². The van der Waals surface area contributed by atoms with Gasteiger partial charge in [-0.2, -0.15) is 4.33 Å². The van der Waals surface area contributed by atoms with Gasteiger partial charge < -0.3 is 5.32 Å². The minimum Gasteiger partial charge on any atom is -0.349 e. The Hall–Kier alpha value is -0.860. The maximum atomic E-state index is 12.1. The topological polar surface area (TPSA) is 47.6 Å². The number of hydrogen-bond acceptors (Lipinski definition) is 5. The van der Waals surface area contributed by atoms with Crippen LogP contribution in [0.1, 0.15) is 23.5 Å². The van der Waals surface area contributed by atoms with Gasteiger partial charge in [0.1, 0.15) is 0 Å². The smallest absolute Gasteiger partial charge is 0.261 e. The molecule has 2 aromatic rings. The molecule has 0 saturated heterocycles. The van der Waals surface area contributed by atoms with Gasteiger partial charge in [-0.15, -0.1) is 11.3 Å². The van der Waals surface area contributed by atoms with E-state index >= 15 is 0 Å². The minimum absolute atomic E-state index is 0.0485. The van der Waals surface area contributed by atoms with Gasteiger partial charge in [0, 0.05) is 16.5 Å². The SMILES string of the molecule is COOSc1ccc(-c2cc(C(=O)NC(C)C)sc2Br)cc1. The molecule has 0 radical (unpaired) electrons. The van der Waals surface area contributed by atoms with Crippen molar-refractivity contribution >= 4 is 45.2 Å². The lowest BCUT2D eigenvalue weighted by Gasteiger charge is -2.05. The first-order valence-electron chi connectivity index (χ1n) is 6.59. The van der Waals surface area contributed by atoms with Crippen LogP contribution in [0, 0.1) is 0 Å². The van der Waals surface area contributed by atoms with Crippen LogP contribution in [0.4, 0.5) is 0 Å². The molecule has 1 aromatic heterocycles. The lowest BCUT2D eigenvalue weighted by atomic mass is 10.1.